The molecule has 0 bridgehead atoms. The van der Waals surface area contributed by atoms with Gasteiger partial charge < -0.3 is 15.7 Å². The van der Waals surface area contributed by atoms with Gasteiger partial charge in [-0.15, -0.1) is 0 Å². The summed E-state index contributed by atoms with van der Waals surface area (Å²) in [5, 5.41) is 24.9. The van der Waals surface area contributed by atoms with Gasteiger partial charge in [0.05, 0.1) is 18.6 Å². The molecule has 0 radical (unpaired) electrons. The number of nitrogens with one attached hydrogen (secondary N) is 3. The van der Waals surface area contributed by atoms with Gasteiger partial charge in [-0.3, -0.25) is 19.6 Å². The van der Waals surface area contributed by atoms with E-state index in [2.05, 4.69) is 17.6 Å². The minimum atomic E-state index is -1.08. The number of unbranched alkanes of at least 4 members (excludes halogenated alkanes) is 6. The third-order valence-corrected chi connectivity index (χ3v) is 5.85. The van der Waals surface area contributed by atoms with Crippen molar-refractivity contribution in [1.82, 2.24) is 16.1 Å². The van der Waals surface area contributed by atoms with E-state index in [1.54, 1.807) is 5.48 Å². The van der Waals surface area contributed by atoms with Crippen LogP contribution in [0.1, 0.15) is 76.7 Å². The Morgan fingerprint density at radius 1 is 0.909 bits per heavy atom. The number of hydroxylamine groups is 1. The van der Waals surface area contributed by atoms with Crippen molar-refractivity contribution in [3.05, 3.63) is 35.9 Å². The molecule has 8 nitrogen and oxygen atoms in total. The summed E-state index contributed by atoms with van der Waals surface area (Å²) < 4.78 is 0. The molecule has 0 aromatic heterocycles. The second-order valence-corrected chi connectivity index (χ2v) is 8.60. The highest BCUT2D eigenvalue weighted by Crippen LogP contribution is 2.18. The summed E-state index contributed by atoms with van der Waals surface area (Å²) in [7, 11) is 1.49. The Labute approximate surface area is 197 Å². The van der Waals surface area contributed by atoms with Crippen molar-refractivity contribution >= 4 is 17.7 Å². The maximum Gasteiger partial charge on any atom is 0.244 e. The highest BCUT2D eigenvalue weighted by molar-refractivity contribution is 5.85. The van der Waals surface area contributed by atoms with E-state index in [1.165, 1.54) is 26.3 Å². The molecule has 3 atom stereocenters. The van der Waals surface area contributed by atoms with Crippen molar-refractivity contribution in [3.8, 4) is 0 Å². The molecule has 186 valence electrons. The number of aliphatic hydroxyl groups is 1. The summed E-state index contributed by atoms with van der Waals surface area (Å²) in [6.45, 7) is 2.17. The van der Waals surface area contributed by atoms with E-state index in [9.17, 15) is 19.5 Å². The zero-order valence-electron chi connectivity index (χ0n) is 20.0. The topological polar surface area (TPSA) is 128 Å². The lowest BCUT2D eigenvalue weighted by atomic mass is 9.93. The van der Waals surface area contributed by atoms with E-state index in [1.807, 2.05) is 30.3 Å². The highest BCUT2D eigenvalue weighted by atomic mass is 16.5. The van der Waals surface area contributed by atoms with Crippen molar-refractivity contribution in [2.24, 2.45) is 5.92 Å². The molecular weight excluding hydrogens is 422 g/mol. The summed E-state index contributed by atoms with van der Waals surface area (Å²) in [5.41, 5.74) is 2.52. The van der Waals surface area contributed by atoms with Crippen LogP contribution in [0.2, 0.25) is 0 Å². The highest BCUT2D eigenvalue weighted by Gasteiger charge is 2.28. The van der Waals surface area contributed by atoms with Gasteiger partial charge in [0, 0.05) is 19.4 Å². The number of hydrogen-bond donors (Lipinski definition) is 5. The summed E-state index contributed by atoms with van der Waals surface area (Å²) in [6, 6.07) is 8.71. The molecular formula is C25H41N3O5. The predicted octanol–water partition coefficient (Wildman–Crippen LogP) is 2.86. The first-order chi connectivity index (χ1) is 15.9. The number of rotatable bonds is 17. The van der Waals surface area contributed by atoms with E-state index in [0.717, 1.165) is 31.2 Å². The van der Waals surface area contributed by atoms with E-state index in [4.69, 9.17) is 5.21 Å². The maximum atomic E-state index is 13.1. The average molecular weight is 464 g/mol. The summed E-state index contributed by atoms with van der Waals surface area (Å²) in [4.78, 5) is 36.6. The molecule has 0 aliphatic rings. The molecule has 0 heterocycles. The normalized spacial score (nSPS) is 13.6. The van der Waals surface area contributed by atoms with Gasteiger partial charge in [-0.05, 0) is 18.4 Å². The fraction of sp³-hybridized carbons (Fsp3) is 0.640. The summed E-state index contributed by atoms with van der Waals surface area (Å²) in [5.74, 6) is -1.93. The van der Waals surface area contributed by atoms with E-state index < -0.39 is 24.0 Å². The number of hydrogen-bond acceptors (Lipinski definition) is 5. The van der Waals surface area contributed by atoms with Gasteiger partial charge in [0.2, 0.25) is 17.7 Å². The molecule has 0 unspecified atom stereocenters. The van der Waals surface area contributed by atoms with Crippen LogP contribution in [0.15, 0.2) is 30.3 Å². The molecule has 0 saturated heterocycles. The Kier molecular flexibility index (Phi) is 14.8. The Morgan fingerprint density at radius 2 is 1.55 bits per heavy atom. The third-order valence-electron chi connectivity index (χ3n) is 5.85. The molecule has 1 aromatic carbocycles. The third kappa shape index (κ3) is 12.4. The van der Waals surface area contributed by atoms with Gasteiger partial charge in [-0.25, -0.2) is 5.48 Å². The number of benzene rings is 1. The smallest absolute Gasteiger partial charge is 0.244 e. The summed E-state index contributed by atoms with van der Waals surface area (Å²) in [6.07, 6.45) is 7.13. The summed E-state index contributed by atoms with van der Waals surface area (Å²) >= 11 is 0. The molecule has 1 aromatic rings. The van der Waals surface area contributed by atoms with Crippen LogP contribution in [0.5, 0.6) is 0 Å². The van der Waals surface area contributed by atoms with Crippen molar-refractivity contribution in [3.63, 3.8) is 0 Å². The maximum absolute atomic E-state index is 13.1. The average Bonchev–Trinajstić information content (AvgIpc) is 2.82. The van der Waals surface area contributed by atoms with E-state index in [0.29, 0.717) is 12.8 Å². The van der Waals surface area contributed by atoms with Crippen molar-refractivity contribution in [2.45, 2.75) is 89.7 Å². The molecule has 3 amide bonds. The zero-order chi connectivity index (χ0) is 24.5. The van der Waals surface area contributed by atoms with Crippen LogP contribution in [0.3, 0.4) is 0 Å². The van der Waals surface area contributed by atoms with Gasteiger partial charge >= 0.3 is 0 Å². The lowest BCUT2D eigenvalue weighted by molar-refractivity contribution is -0.135. The second-order valence-electron chi connectivity index (χ2n) is 8.60. The predicted molar refractivity (Wildman–Crippen MR) is 127 cm³/mol. The SMILES string of the molecule is CCCCCCCCC[C@H](CC(=O)NO)C(=O)N[C@@H](Cc1ccccc1)[C@@H](O)CC(=O)NC. The Morgan fingerprint density at radius 3 is 2.15 bits per heavy atom. The van der Waals surface area contributed by atoms with Gasteiger partial charge in [0.1, 0.15) is 0 Å². The van der Waals surface area contributed by atoms with Crippen LogP contribution in [-0.4, -0.2) is 47.2 Å². The molecule has 5 N–H and O–H groups in total. The van der Waals surface area contributed by atoms with Crippen molar-refractivity contribution in [2.75, 3.05) is 7.05 Å². The van der Waals surface area contributed by atoms with Crippen molar-refractivity contribution < 1.29 is 24.7 Å². The van der Waals surface area contributed by atoms with Crippen LogP contribution in [-0.2, 0) is 20.8 Å². The minimum absolute atomic E-state index is 0.137. The lowest BCUT2D eigenvalue weighted by Crippen LogP contribution is -2.48. The first-order valence-corrected chi connectivity index (χ1v) is 12.1. The number of amides is 3. The van der Waals surface area contributed by atoms with Crippen molar-refractivity contribution in [1.29, 1.82) is 0 Å². The number of carbonyl (C=O) groups is 3. The van der Waals surface area contributed by atoms with E-state index >= 15 is 0 Å². The molecule has 8 heteroatoms. The first kappa shape index (κ1) is 28.6. The Bertz CT molecular complexity index is 699. The molecule has 33 heavy (non-hydrogen) atoms. The zero-order valence-corrected chi connectivity index (χ0v) is 20.0. The van der Waals surface area contributed by atoms with Gasteiger partial charge in [-0.1, -0.05) is 82.2 Å². The van der Waals surface area contributed by atoms with Crippen LogP contribution in [0.4, 0.5) is 0 Å². The van der Waals surface area contributed by atoms with Crippen LogP contribution >= 0.6 is 0 Å². The van der Waals surface area contributed by atoms with Gasteiger partial charge in [-0.2, -0.15) is 0 Å². The Balaban J connectivity index is 2.79. The molecule has 0 spiro atoms. The number of carbonyl (C=O) groups excluding carboxylic acids is 3. The standard InChI is InChI=1S/C25H41N3O5/c1-3-4-5-6-7-8-12-15-20(17-24(31)28-33)25(32)27-21(22(29)18-23(30)26-2)16-19-13-10-9-11-14-19/h9-11,13-14,20-22,29,33H,3-8,12,15-18H2,1-2H3,(H,26,30)(H,27,32)(H,28,31)/t20-,21+,22+/m1/s1. The first-order valence-electron chi connectivity index (χ1n) is 12.1. The van der Waals surface area contributed by atoms with Crippen LogP contribution in [0.25, 0.3) is 0 Å². The fourth-order valence-corrected chi connectivity index (χ4v) is 3.83. The van der Waals surface area contributed by atoms with Crippen LogP contribution < -0.4 is 16.1 Å². The monoisotopic (exact) mass is 463 g/mol. The molecule has 1 rings (SSSR count). The van der Waals surface area contributed by atoms with Gasteiger partial charge in [0.15, 0.2) is 0 Å². The van der Waals surface area contributed by atoms with Gasteiger partial charge in [0.25, 0.3) is 0 Å². The quantitative estimate of drug-likeness (QED) is 0.138. The fourth-order valence-electron chi connectivity index (χ4n) is 3.83. The Hall–Kier alpha value is -2.45. The van der Waals surface area contributed by atoms with E-state index in [-0.39, 0.29) is 24.7 Å². The molecule has 0 aliphatic heterocycles. The molecule has 0 saturated carbocycles. The number of aliphatic hydroxyl groups excluding tert-OH is 1. The molecule has 0 fully saturated rings. The van der Waals surface area contributed by atoms with Crippen LogP contribution in [0, 0.1) is 5.92 Å². The lowest BCUT2D eigenvalue weighted by Gasteiger charge is -2.26. The second kappa shape index (κ2) is 17.1. The largest absolute Gasteiger partial charge is 0.390 e. The molecule has 0 aliphatic carbocycles. The minimum Gasteiger partial charge on any atom is -0.390 e.